The van der Waals surface area contributed by atoms with Gasteiger partial charge in [-0.1, -0.05) is 111 Å². The second kappa shape index (κ2) is 47.7. The molecule has 20 nitrogen and oxygen atoms in total. The third kappa shape index (κ3) is 26.9. The molecule has 0 saturated carbocycles. The van der Waals surface area contributed by atoms with E-state index < -0.39 is 93.8 Å². The van der Waals surface area contributed by atoms with E-state index in [1.165, 1.54) is 0 Å². The number of carbonyl (C=O) groups is 8. The smallest absolute Gasteiger partial charge is 0.544 e. The zero-order chi connectivity index (χ0) is 59.6. The molecule has 0 amide bonds. The van der Waals surface area contributed by atoms with E-state index in [0.717, 1.165) is 0 Å². The maximum atomic E-state index is 12.4. The van der Waals surface area contributed by atoms with Crippen LogP contribution in [0.5, 0.6) is 0 Å². The zero-order valence-corrected chi connectivity index (χ0v) is 51.5. The molecule has 0 aliphatic rings. The molecule has 0 aliphatic heterocycles. The van der Waals surface area contributed by atoms with Crippen LogP contribution in [0.2, 0.25) is 0 Å². The summed E-state index contributed by atoms with van der Waals surface area (Å²) in [5.41, 5.74) is 0. The fraction of sp³-hybridized carbons (Fsp3) is 0.857. The van der Waals surface area contributed by atoms with Crippen molar-refractivity contribution in [1.82, 2.24) is 0 Å². The Hall–Kier alpha value is -3.05. The minimum absolute atomic E-state index is 0. The first kappa shape index (κ1) is 82.8. The number of carbonyl (C=O) groups excluding carboxylic acids is 8. The van der Waals surface area contributed by atoms with Crippen molar-refractivity contribution < 1.29 is 118 Å². The standard InChI is InChI=1S/4C14H26O5.Ti/c4*1-5-9-18-14(13(16)17,19-10-6-2)12(15)11(7-3)8-4;/h4*11H,5-10H2,1-4H3,(H,16,17);/q;;;;+4/p-4. The summed E-state index contributed by atoms with van der Waals surface area (Å²) in [7, 11) is 0. The van der Waals surface area contributed by atoms with Crippen molar-refractivity contribution in [3.63, 3.8) is 0 Å². The molecule has 0 rings (SSSR count). The Labute approximate surface area is 476 Å². The van der Waals surface area contributed by atoms with Gasteiger partial charge in [0.15, 0.2) is 0 Å². The van der Waals surface area contributed by atoms with Crippen LogP contribution in [0.4, 0.5) is 0 Å². The Morgan fingerprint density at radius 3 is 0.429 bits per heavy atom. The molecule has 448 valence electrons. The molecule has 0 N–H and O–H groups in total. The number of hydrogen-bond acceptors (Lipinski definition) is 20. The van der Waals surface area contributed by atoms with Crippen molar-refractivity contribution in [2.75, 3.05) is 52.9 Å². The first-order valence-corrected chi connectivity index (χ1v) is 28.1. The average Bonchev–Trinajstić information content (AvgIpc) is 3.40. The van der Waals surface area contributed by atoms with Crippen molar-refractivity contribution in [1.29, 1.82) is 0 Å². The second-order valence-electron chi connectivity index (χ2n) is 17.9. The van der Waals surface area contributed by atoms with E-state index >= 15 is 0 Å². The molecule has 77 heavy (non-hydrogen) atoms. The van der Waals surface area contributed by atoms with Crippen LogP contribution < -0.4 is 20.4 Å². The van der Waals surface area contributed by atoms with Gasteiger partial charge < -0.3 is 77.5 Å². The third-order valence-electron chi connectivity index (χ3n) is 11.9. The van der Waals surface area contributed by atoms with E-state index in [4.69, 9.17) is 37.9 Å². The quantitative estimate of drug-likeness (QED) is 0.0432. The van der Waals surface area contributed by atoms with Crippen LogP contribution >= 0.6 is 0 Å². The fourth-order valence-corrected chi connectivity index (χ4v) is 7.29. The summed E-state index contributed by atoms with van der Waals surface area (Å²) >= 11 is 0. The average molecular weight is 1140 g/mol. The molecule has 0 spiro atoms. The van der Waals surface area contributed by atoms with E-state index in [9.17, 15) is 58.8 Å². The molecule has 0 aromatic heterocycles. The Kier molecular flexibility index (Phi) is 51.3. The van der Waals surface area contributed by atoms with Crippen LogP contribution in [-0.2, 0) is 98.0 Å². The SMILES string of the molecule is CCCOC(OCCC)(C(=O)[O-])C(=O)C(CC)CC.CCCOC(OCCC)(C(=O)[O-])C(=O)C(CC)CC.CCCOC(OCCC)(C(=O)[O-])C(=O)C(CC)CC.CCCOC(OCCC)(C(=O)[O-])C(=O)C(CC)CC.[Ti+4]. The van der Waals surface area contributed by atoms with Crippen LogP contribution in [-0.4, -0.2) is 123 Å². The van der Waals surface area contributed by atoms with Gasteiger partial charge in [-0.05, 0) is 103 Å². The Balaban J connectivity index is -0.000000298. The summed E-state index contributed by atoms with van der Waals surface area (Å²) in [6.45, 7) is 30.5. The molecule has 0 radical (unpaired) electrons. The van der Waals surface area contributed by atoms with Gasteiger partial charge >= 0.3 is 21.7 Å². The van der Waals surface area contributed by atoms with Crippen molar-refractivity contribution in [3.05, 3.63) is 0 Å². The molecular weight excluding hydrogens is 1040 g/mol. The van der Waals surface area contributed by atoms with Crippen LogP contribution in [0, 0.1) is 23.7 Å². The number of rotatable bonds is 44. The number of carboxylic acid groups (broad SMARTS) is 4. The summed E-state index contributed by atoms with van der Waals surface area (Å²) in [4.78, 5) is 95.4. The maximum absolute atomic E-state index is 12.4. The molecule has 0 aromatic rings. The Morgan fingerprint density at radius 1 is 0.260 bits per heavy atom. The van der Waals surface area contributed by atoms with Crippen molar-refractivity contribution in [3.8, 4) is 0 Å². The van der Waals surface area contributed by atoms with Gasteiger partial charge in [0.05, 0.1) is 52.9 Å². The van der Waals surface area contributed by atoms with E-state index in [-0.39, 0.29) is 74.6 Å². The van der Waals surface area contributed by atoms with Crippen molar-refractivity contribution >= 4 is 47.0 Å². The second-order valence-corrected chi connectivity index (χ2v) is 17.9. The number of aliphatic carboxylic acids is 4. The predicted molar refractivity (Wildman–Crippen MR) is 277 cm³/mol. The molecule has 0 aliphatic carbocycles. The molecule has 0 atom stereocenters. The van der Waals surface area contributed by atoms with Gasteiger partial charge in [0.2, 0.25) is 23.1 Å². The van der Waals surface area contributed by atoms with Gasteiger partial charge in [-0.25, -0.2) is 0 Å². The van der Waals surface area contributed by atoms with Gasteiger partial charge in [-0.2, -0.15) is 0 Å². The van der Waals surface area contributed by atoms with E-state index in [2.05, 4.69) is 0 Å². The number of Topliss-reactive ketones (excluding diaryl/α,β-unsaturated/α-hetero) is 4. The minimum Gasteiger partial charge on any atom is -0.544 e. The van der Waals surface area contributed by atoms with E-state index in [0.29, 0.717) is 103 Å². The molecule has 0 bridgehead atoms. The molecule has 0 saturated heterocycles. The van der Waals surface area contributed by atoms with Gasteiger partial charge in [0.25, 0.3) is 23.1 Å². The van der Waals surface area contributed by atoms with Crippen LogP contribution in [0.1, 0.15) is 214 Å². The van der Waals surface area contributed by atoms with Crippen molar-refractivity contribution in [2.45, 2.75) is 237 Å². The Morgan fingerprint density at radius 2 is 0.364 bits per heavy atom. The number of carboxylic acids is 4. The first-order chi connectivity index (χ1) is 36.0. The third-order valence-corrected chi connectivity index (χ3v) is 11.9. The molecular formula is C56H100O20Ti. The van der Waals surface area contributed by atoms with Crippen LogP contribution in [0.25, 0.3) is 0 Å². The van der Waals surface area contributed by atoms with Crippen molar-refractivity contribution in [2.24, 2.45) is 23.7 Å². The molecule has 21 heteroatoms. The minimum atomic E-state index is -2.25. The van der Waals surface area contributed by atoms with E-state index in [1.54, 1.807) is 0 Å². The largest absolute Gasteiger partial charge is 4.00 e. The number of ether oxygens (including phenoxy) is 8. The first-order valence-electron chi connectivity index (χ1n) is 28.1. The molecule has 0 unspecified atom stereocenters. The zero-order valence-electron chi connectivity index (χ0n) is 49.9. The number of hydrogen-bond donors (Lipinski definition) is 0. The van der Waals surface area contributed by atoms with Crippen LogP contribution in [0.3, 0.4) is 0 Å². The summed E-state index contributed by atoms with van der Waals surface area (Å²) in [5.74, 6) is -19.2. The van der Waals surface area contributed by atoms with Crippen LogP contribution in [0.15, 0.2) is 0 Å². The number of ketones is 4. The van der Waals surface area contributed by atoms with Gasteiger partial charge in [0.1, 0.15) is 23.9 Å². The fourth-order valence-electron chi connectivity index (χ4n) is 7.29. The summed E-state index contributed by atoms with van der Waals surface area (Å²) in [6.07, 6.45) is 9.19. The predicted octanol–water partition coefficient (Wildman–Crippen LogP) is 5.16. The Bertz CT molecular complexity index is 1340. The molecule has 0 heterocycles. The molecule has 0 fully saturated rings. The normalized spacial score (nSPS) is 11.7. The van der Waals surface area contributed by atoms with E-state index in [1.807, 2.05) is 111 Å². The maximum Gasteiger partial charge on any atom is 4.00 e. The molecule has 0 aromatic carbocycles. The summed E-state index contributed by atoms with van der Waals surface area (Å²) in [6, 6.07) is 0. The summed E-state index contributed by atoms with van der Waals surface area (Å²) < 4.78 is 42.0. The van der Waals surface area contributed by atoms with Gasteiger partial charge in [-0.15, -0.1) is 0 Å². The monoisotopic (exact) mass is 1140 g/mol. The topological polar surface area (TPSA) is 303 Å². The van der Waals surface area contributed by atoms with Gasteiger partial charge in [0, 0.05) is 23.7 Å². The summed E-state index contributed by atoms with van der Waals surface area (Å²) in [5, 5.41) is 45.7. The van der Waals surface area contributed by atoms with Gasteiger partial charge in [-0.3, -0.25) is 19.2 Å².